The predicted octanol–water partition coefficient (Wildman–Crippen LogP) is 1.78. The van der Waals surface area contributed by atoms with Crippen molar-refractivity contribution < 1.29 is 14.3 Å². The standard InChI is InChI=1S/C15H21NO3/c1-18-14-4-2-3-13(9-14)10-15(17)16-11-12-5-7-19-8-6-12/h2-4,9,12H,5-8,10-11H2,1H3,(H,16,17). The van der Waals surface area contributed by atoms with Crippen LogP contribution in [0.15, 0.2) is 24.3 Å². The molecule has 19 heavy (non-hydrogen) atoms. The molecule has 2 rings (SSSR count). The molecule has 0 saturated carbocycles. The summed E-state index contributed by atoms with van der Waals surface area (Å²) in [5.41, 5.74) is 0.976. The molecule has 1 aromatic rings. The van der Waals surface area contributed by atoms with Crippen molar-refractivity contribution in [2.75, 3.05) is 26.9 Å². The normalized spacial score (nSPS) is 16.1. The van der Waals surface area contributed by atoms with Gasteiger partial charge in [0, 0.05) is 19.8 Å². The molecule has 1 aliphatic rings. The lowest BCUT2D eigenvalue weighted by molar-refractivity contribution is -0.120. The van der Waals surface area contributed by atoms with E-state index in [2.05, 4.69) is 5.32 Å². The molecule has 1 amide bonds. The molecule has 0 atom stereocenters. The second kappa shape index (κ2) is 7.14. The molecule has 1 aromatic carbocycles. The van der Waals surface area contributed by atoms with Crippen LogP contribution in [0.25, 0.3) is 0 Å². The van der Waals surface area contributed by atoms with Gasteiger partial charge < -0.3 is 14.8 Å². The Morgan fingerprint density at radius 1 is 1.42 bits per heavy atom. The van der Waals surface area contributed by atoms with Gasteiger partial charge >= 0.3 is 0 Å². The SMILES string of the molecule is COc1cccc(CC(=O)NCC2CCOCC2)c1. The van der Waals surface area contributed by atoms with E-state index in [0.29, 0.717) is 12.3 Å². The second-order valence-electron chi connectivity index (χ2n) is 4.89. The van der Waals surface area contributed by atoms with E-state index in [1.54, 1.807) is 7.11 Å². The van der Waals surface area contributed by atoms with E-state index in [4.69, 9.17) is 9.47 Å². The van der Waals surface area contributed by atoms with Gasteiger partial charge in [-0.3, -0.25) is 4.79 Å². The van der Waals surface area contributed by atoms with Crippen molar-refractivity contribution >= 4 is 5.91 Å². The van der Waals surface area contributed by atoms with Crippen molar-refractivity contribution in [2.45, 2.75) is 19.3 Å². The van der Waals surface area contributed by atoms with Crippen LogP contribution in [0.3, 0.4) is 0 Å². The molecule has 0 unspecified atom stereocenters. The number of rotatable bonds is 5. The number of amides is 1. The maximum absolute atomic E-state index is 11.9. The molecule has 104 valence electrons. The fourth-order valence-corrected chi connectivity index (χ4v) is 2.24. The van der Waals surface area contributed by atoms with Crippen molar-refractivity contribution in [3.8, 4) is 5.75 Å². The number of nitrogens with one attached hydrogen (secondary N) is 1. The van der Waals surface area contributed by atoms with Crippen LogP contribution in [0.1, 0.15) is 18.4 Å². The monoisotopic (exact) mass is 263 g/mol. The van der Waals surface area contributed by atoms with E-state index in [9.17, 15) is 4.79 Å². The number of hydrogen-bond donors (Lipinski definition) is 1. The van der Waals surface area contributed by atoms with Crippen LogP contribution in [-0.4, -0.2) is 32.8 Å². The summed E-state index contributed by atoms with van der Waals surface area (Å²) in [6.45, 7) is 2.39. The first kappa shape index (κ1) is 13.9. The number of benzene rings is 1. The minimum atomic E-state index is 0.0692. The third kappa shape index (κ3) is 4.56. The fourth-order valence-electron chi connectivity index (χ4n) is 2.24. The number of methoxy groups -OCH3 is 1. The van der Waals surface area contributed by atoms with Gasteiger partial charge in [0.25, 0.3) is 0 Å². The smallest absolute Gasteiger partial charge is 0.224 e. The summed E-state index contributed by atoms with van der Waals surface area (Å²) in [6.07, 6.45) is 2.49. The molecule has 0 aromatic heterocycles. The van der Waals surface area contributed by atoms with Crippen LogP contribution in [0.5, 0.6) is 5.75 Å². The van der Waals surface area contributed by atoms with Gasteiger partial charge in [-0.2, -0.15) is 0 Å². The van der Waals surface area contributed by atoms with E-state index < -0.39 is 0 Å². The highest BCUT2D eigenvalue weighted by Gasteiger charge is 2.14. The Morgan fingerprint density at radius 3 is 2.95 bits per heavy atom. The molecule has 1 saturated heterocycles. The van der Waals surface area contributed by atoms with Crippen molar-refractivity contribution in [3.05, 3.63) is 29.8 Å². The van der Waals surface area contributed by atoms with Gasteiger partial charge in [-0.05, 0) is 36.5 Å². The Morgan fingerprint density at radius 2 is 2.21 bits per heavy atom. The average molecular weight is 263 g/mol. The van der Waals surface area contributed by atoms with Gasteiger partial charge in [0.05, 0.1) is 13.5 Å². The number of hydrogen-bond acceptors (Lipinski definition) is 3. The summed E-state index contributed by atoms with van der Waals surface area (Å²) in [5.74, 6) is 1.41. The van der Waals surface area contributed by atoms with Gasteiger partial charge in [0.1, 0.15) is 5.75 Å². The minimum Gasteiger partial charge on any atom is -0.497 e. The lowest BCUT2D eigenvalue weighted by Crippen LogP contribution is -2.33. The predicted molar refractivity (Wildman–Crippen MR) is 73.3 cm³/mol. The summed E-state index contributed by atoms with van der Waals surface area (Å²) in [5, 5.41) is 3.00. The molecule has 0 bridgehead atoms. The molecular weight excluding hydrogens is 242 g/mol. The molecule has 4 heteroatoms. The van der Waals surface area contributed by atoms with Crippen molar-refractivity contribution in [2.24, 2.45) is 5.92 Å². The third-order valence-corrected chi connectivity index (χ3v) is 3.43. The van der Waals surface area contributed by atoms with E-state index in [0.717, 1.165) is 43.9 Å². The third-order valence-electron chi connectivity index (χ3n) is 3.43. The first-order valence-electron chi connectivity index (χ1n) is 6.75. The molecule has 1 fully saturated rings. The maximum atomic E-state index is 11.9. The summed E-state index contributed by atoms with van der Waals surface area (Å²) >= 11 is 0. The Kier molecular flexibility index (Phi) is 5.21. The van der Waals surface area contributed by atoms with Crippen LogP contribution >= 0.6 is 0 Å². The fraction of sp³-hybridized carbons (Fsp3) is 0.533. The zero-order valence-corrected chi connectivity index (χ0v) is 11.4. The van der Waals surface area contributed by atoms with E-state index in [1.807, 2.05) is 24.3 Å². The van der Waals surface area contributed by atoms with Gasteiger partial charge in [0.2, 0.25) is 5.91 Å². The minimum absolute atomic E-state index is 0.0692. The first-order valence-corrected chi connectivity index (χ1v) is 6.75. The first-order chi connectivity index (χ1) is 9.28. The second-order valence-corrected chi connectivity index (χ2v) is 4.89. The van der Waals surface area contributed by atoms with Gasteiger partial charge in [-0.1, -0.05) is 12.1 Å². The highest BCUT2D eigenvalue weighted by Crippen LogP contribution is 2.14. The molecule has 0 radical (unpaired) electrons. The van der Waals surface area contributed by atoms with Gasteiger partial charge in [-0.25, -0.2) is 0 Å². The molecule has 0 aliphatic carbocycles. The maximum Gasteiger partial charge on any atom is 0.224 e. The topological polar surface area (TPSA) is 47.6 Å². The van der Waals surface area contributed by atoms with Gasteiger partial charge in [0.15, 0.2) is 0 Å². The van der Waals surface area contributed by atoms with Crippen molar-refractivity contribution in [3.63, 3.8) is 0 Å². The lowest BCUT2D eigenvalue weighted by atomic mass is 10.0. The van der Waals surface area contributed by atoms with E-state index in [-0.39, 0.29) is 5.91 Å². The highest BCUT2D eigenvalue weighted by atomic mass is 16.5. The van der Waals surface area contributed by atoms with Crippen molar-refractivity contribution in [1.29, 1.82) is 0 Å². The zero-order valence-electron chi connectivity index (χ0n) is 11.4. The number of carbonyl (C=O) groups excluding carboxylic acids is 1. The summed E-state index contributed by atoms with van der Waals surface area (Å²) < 4.78 is 10.4. The lowest BCUT2D eigenvalue weighted by Gasteiger charge is -2.22. The highest BCUT2D eigenvalue weighted by molar-refractivity contribution is 5.78. The van der Waals surface area contributed by atoms with E-state index in [1.165, 1.54) is 0 Å². The quantitative estimate of drug-likeness (QED) is 0.881. The van der Waals surface area contributed by atoms with Gasteiger partial charge in [-0.15, -0.1) is 0 Å². The summed E-state index contributed by atoms with van der Waals surface area (Å²) in [4.78, 5) is 11.9. The summed E-state index contributed by atoms with van der Waals surface area (Å²) in [7, 11) is 1.63. The van der Waals surface area contributed by atoms with Crippen LogP contribution in [0.4, 0.5) is 0 Å². The Bertz CT molecular complexity index is 414. The Balaban J connectivity index is 1.76. The molecular formula is C15H21NO3. The largest absolute Gasteiger partial charge is 0.497 e. The Labute approximate surface area is 114 Å². The van der Waals surface area contributed by atoms with Crippen LogP contribution in [0.2, 0.25) is 0 Å². The molecule has 1 heterocycles. The molecule has 1 N–H and O–H groups in total. The molecule has 0 spiro atoms. The van der Waals surface area contributed by atoms with Crippen LogP contribution in [0, 0.1) is 5.92 Å². The Hall–Kier alpha value is -1.55. The van der Waals surface area contributed by atoms with E-state index >= 15 is 0 Å². The number of ether oxygens (including phenoxy) is 2. The van der Waals surface area contributed by atoms with Crippen LogP contribution in [-0.2, 0) is 16.0 Å². The van der Waals surface area contributed by atoms with Crippen molar-refractivity contribution in [1.82, 2.24) is 5.32 Å². The number of carbonyl (C=O) groups is 1. The molecule has 1 aliphatic heterocycles. The average Bonchev–Trinajstić information content (AvgIpc) is 2.46. The summed E-state index contributed by atoms with van der Waals surface area (Å²) in [6, 6.07) is 7.62. The van der Waals surface area contributed by atoms with Crippen LogP contribution < -0.4 is 10.1 Å². The zero-order chi connectivity index (χ0) is 13.5. The molecule has 4 nitrogen and oxygen atoms in total.